The molecule has 0 unspecified atom stereocenters. The summed E-state index contributed by atoms with van der Waals surface area (Å²) in [5.74, 6) is -0.578. The second kappa shape index (κ2) is 5.84. The first kappa shape index (κ1) is 14.9. The highest BCUT2D eigenvalue weighted by Crippen LogP contribution is 2.24. The number of sulfonamides is 1. The van der Waals surface area contributed by atoms with E-state index in [9.17, 15) is 13.2 Å². The zero-order valence-electron chi connectivity index (χ0n) is 11.2. The Balaban J connectivity index is 2.39. The Morgan fingerprint density at radius 1 is 1.14 bits per heavy atom. The van der Waals surface area contributed by atoms with Gasteiger partial charge in [0.25, 0.3) is 15.9 Å². The van der Waals surface area contributed by atoms with Gasteiger partial charge in [-0.3, -0.25) is 9.52 Å². The van der Waals surface area contributed by atoms with Gasteiger partial charge in [-0.2, -0.15) is 0 Å². The molecule has 0 aromatic heterocycles. The van der Waals surface area contributed by atoms with Gasteiger partial charge in [-0.05, 0) is 24.3 Å². The van der Waals surface area contributed by atoms with Gasteiger partial charge in [-0.15, -0.1) is 0 Å². The molecule has 0 fully saturated rings. The van der Waals surface area contributed by atoms with E-state index in [-0.39, 0.29) is 16.2 Å². The highest BCUT2D eigenvalue weighted by atomic mass is 32.2. The third-order valence-electron chi connectivity index (χ3n) is 2.77. The van der Waals surface area contributed by atoms with Crippen molar-refractivity contribution in [2.24, 2.45) is 5.73 Å². The number of nitrogens with two attached hydrogens (primary N) is 1. The fourth-order valence-electron chi connectivity index (χ4n) is 1.76. The summed E-state index contributed by atoms with van der Waals surface area (Å²) in [6.07, 6.45) is 0. The summed E-state index contributed by atoms with van der Waals surface area (Å²) in [6.45, 7) is 0. The number of primary amides is 1. The van der Waals surface area contributed by atoms with Gasteiger partial charge in [0.2, 0.25) is 0 Å². The molecular weight excluding hydrogens is 292 g/mol. The molecule has 0 aliphatic carbocycles. The van der Waals surface area contributed by atoms with Crippen LogP contribution in [0.15, 0.2) is 53.4 Å². The molecule has 1 amide bonds. The van der Waals surface area contributed by atoms with Gasteiger partial charge >= 0.3 is 0 Å². The van der Waals surface area contributed by atoms with Crippen LogP contribution in [0.3, 0.4) is 0 Å². The normalized spacial score (nSPS) is 10.9. The summed E-state index contributed by atoms with van der Waals surface area (Å²) in [6, 6.07) is 12.4. The number of carbonyl (C=O) groups excluding carboxylic acids is 1. The Labute approximate surface area is 122 Å². The SMILES string of the molecule is COc1cc(S(=O)(=O)Nc2ccccc2)ccc1C(N)=O. The number of methoxy groups -OCH3 is 1. The van der Waals surface area contributed by atoms with E-state index in [2.05, 4.69) is 4.72 Å². The summed E-state index contributed by atoms with van der Waals surface area (Å²) in [7, 11) is -2.43. The van der Waals surface area contributed by atoms with E-state index in [0.717, 1.165) is 0 Å². The minimum Gasteiger partial charge on any atom is -0.496 e. The Morgan fingerprint density at radius 3 is 2.38 bits per heavy atom. The number of hydrogen-bond donors (Lipinski definition) is 2. The van der Waals surface area contributed by atoms with Crippen molar-refractivity contribution >= 4 is 21.6 Å². The average molecular weight is 306 g/mol. The molecule has 2 aromatic rings. The van der Waals surface area contributed by atoms with Gasteiger partial charge < -0.3 is 10.5 Å². The highest BCUT2D eigenvalue weighted by Gasteiger charge is 2.18. The molecule has 21 heavy (non-hydrogen) atoms. The number of rotatable bonds is 5. The van der Waals surface area contributed by atoms with E-state index in [1.54, 1.807) is 30.3 Å². The minimum atomic E-state index is -3.77. The molecule has 3 N–H and O–H groups in total. The van der Waals surface area contributed by atoms with E-state index in [0.29, 0.717) is 5.69 Å². The molecule has 2 aromatic carbocycles. The first-order chi connectivity index (χ1) is 9.94. The molecule has 0 saturated carbocycles. The molecule has 0 radical (unpaired) electrons. The van der Waals surface area contributed by atoms with Gasteiger partial charge in [0.1, 0.15) is 5.75 Å². The van der Waals surface area contributed by atoms with Crippen LogP contribution in [0.1, 0.15) is 10.4 Å². The van der Waals surface area contributed by atoms with E-state index in [4.69, 9.17) is 10.5 Å². The van der Waals surface area contributed by atoms with Crippen LogP contribution in [0, 0.1) is 0 Å². The standard InChI is InChI=1S/C14H14N2O4S/c1-20-13-9-11(7-8-12(13)14(15)17)21(18,19)16-10-5-3-2-4-6-10/h2-9,16H,1H3,(H2,15,17). The molecule has 0 aliphatic heterocycles. The lowest BCUT2D eigenvalue weighted by Gasteiger charge is -2.11. The number of carbonyl (C=O) groups is 1. The first-order valence-electron chi connectivity index (χ1n) is 6.00. The smallest absolute Gasteiger partial charge is 0.262 e. The van der Waals surface area contributed by atoms with Crippen molar-refractivity contribution in [1.82, 2.24) is 0 Å². The molecule has 0 atom stereocenters. The summed E-state index contributed by atoms with van der Waals surface area (Å²) in [5.41, 5.74) is 5.75. The van der Waals surface area contributed by atoms with Crippen LogP contribution in [-0.4, -0.2) is 21.4 Å². The Kier molecular flexibility index (Phi) is 4.13. The maximum atomic E-state index is 12.3. The third kappa shape index (κ3) is 3.32. The number of anilines is 1. The number of ether oxygens (including phenoxy) is 1. The van der Waals surface area contributed by atoms with Crippen molar-refractivity contribution in [1.29, 1.82) is 0 Å². The molecule has 0 saturated heterocycles. The quantitative estimate of drug-likeness (QED) is 0.876. The molecule has 0 spiro atoms. The lowest BCUT2D eigenvalue weighted by Crippen LogP contribution is -2.15. The van der Waals surface area contributed by atoms with Gasteiger partial charge in [-0.1, -0.05) is 18.2 Å². The highest BCUT2D eigenvalue weighted by molar-refractivity contribution is 7.92. The molecule has 7 heteroatoms. The average Bonchev–Trinajstić information content (AvgIpc) is 2.47. The van der Waals surface area contributed by atoms with Crippen molar-refractivity contribution < 1.29 is 17.9 Å². The number of nitrogens with one attached hydrogen (secondary N) is 1. The van der Waals surface area contributed by atoms with Gasteiger partial charge in [0, 0.05) is 11.8 Å². The van der Waals surface area contributed by atoms with Crippen molar-refractivity contribution in [3.63, 3.8) is 0 Å². The van der Waals surface area contributed by atoms with E-state index in [1.165, 1.54) is 25.3 Å². The monoisotopic (exact) mass is 306 g/mol. The summed E-state index contributed by atoms with van der Waals surface area (Å²) in [5, 5.41) is 0. The second-order valence-corrected chi connectivity index (χ2v) is 5.88. The molecule has 0 bridgehead atoms. The summed E-state index contributed by atoms with van der Waals surface area (Å²) in [4.78, 5) is 11.2. The predicted molar refractivity (Wildman–Crippen MR) is 78.8 cm³/mol. The maximum Gasteiger partial charge on any atom is 0.262 e. The zero-order valence-corrected chi connectivity index (χ0v) is 12.1. The van der Waals surface area contributed by atoms with Crippen molar-refractivity contribution in [3.8, 4) is 5.75 Å². The van der Waals surface area contributed by atoms with Crippen molar-refractivity contribution in [3.05, 3.63) is 54.1 Å². The number of amides is 1. The molecule has 0 aliphatic rings. The molecule has 2 rings (SSSR count). The Morgan fingerprint density at radius 2 is 1.81 bits per heavy atom. The fraction of sp³-hybridized carbons (Fsp3) is 0.0714. The van der Waals surface area contributed by atoms with Gasteiger partial charge in [0.05, 0.1) is 17.6 Å². The lowest BCUT2D eigenvalue weighted by atomic mass is 10.2. The van der Waals surface area contributed by atoms with Crippen LogP contribution >= 0.6 is 0 Å². The molecule has 6 nitrogen and oxygen atoms in total. The number of para-hydroxylation sites is 1. The van der Waals surface area contributed by atoms with Crippen LogP contribution in [0.4, 0.5) is 5.69 Å². The van der Waals surface area contributed by atoms with E-state index in [1.807, 2.05) is 0 Å². The van der Waals surface area contributed by atoms with Gasteiger partial charge in [-0.25, -0.2) is 8.42 Å². The topological polar surface area (TPSA) is 98.5 Å². The number of benzene rings is 2. The fourth-order valence-corrected chi connectivity index (χ4v) is 2.84. The van der Waals surface area contributed by atoms with Crippen LogP contribution in [-0.2, 0) is 10.0 Å². The molecule has 0 heterocycles. The van der Waals surface area contributed by atoms with Crippen LogP contribution in [0.5, 0.6) is 5.75 Å². The minimum absolute atomic E-state index is 0.0202. The van der Waals surface area contributed by atoms with Gasteiger partial charge in [0.15, 0.2) is 0 Å². The van der Waals surface area contributed by atoms with Crippen molar-refractivity contribution in [2.75, 3.05) is 11.8 Å². The second-order valence-electron chi connectivity index (χ2n) is 4.20. The lowest BCUT2D eigenvalue weighted by molar-refractivity contribution is 0.0997. The number of hydrogen-bond acceptors (Lipinski definition) is 4. The van der Waals surface area contributed by atoms with Crippen molar-refractivity contribution in [2.45, 2.75) is 4.90 Å². The maximum absolute atomic E-state index is 12.3. The van der Waals surface area contributed by atoms with E-state index >= 15 is 0 Å². The predicted octanol–water partition coefficient (Wildman–Crippen LogP) is 1.59. The summed E-state index contributed by atoms with van der Waals surface area (Å²) >= 11 is 0. The van der Waals surface area contributed by atoms with Crippen LogP contribution in [0.2, 0.25) is 0 Å². The Hall–Kier alpha value is -2.54. The van der Waals surface area contributed by atoms with Crippen LogP contribution in [0.25, 0.3) is 0 Å². The first-order valence-corrected chi connectivity index (χ1v) is 7.48. The van der Waals surface area contributed by atoms with Crippen LogP contribution < -0.4 is 15.2 Å². The summed E-state index contributed by atoms with van der Waals surface area (Å²) < 4.78 is 32.0. The van der Waals surface area contributed by atoms with E-state index < -0.39 is 15.9 Å². The largest absolute Gasteiger partial charge is 0.496 e. The Bertz CT molecular complexity index is 758. The third-order valence-corrected chi connectivity index (χ3v) is 4.15. The zero-order chi connectivity index (χ0) is 15.5. The molecule has 110 valence electrons. The molecular formula is C14H14N2O4S.